The predicted molar refractivity (Wildman–Crippen MR) is 51.9 cm³/mol. The van der Waals surface area contributed by atoms with E-state index in [0.29, 0.717) is 0 Å². The second kappa shape index (κ2) is 5.82. The van der Waals surface area contributed by atoms with Crippen molar-refractivity contribution in [2.45, 2.75) is 38.9 Å². The van der Waals surface area contributed by atoms with E-state index < -0.39 is 17.8 Å². The van der Waals surface area contributed by atoms with E-state index >= 15 is 0 Å². The number of aliphatic hydroxyl groups excluding tert-OH is 2. The Bertz CT molecular complexity index is 176. The van der Waals surface area contributed by atoms with E-state index in [0.717, 1.165) is 0 Å². The first-order valence-corrected chi connectivity index (χ1v) is 4.61. The zero-order valence-corrected chi connectivity index (χ0v) is 8.91. The maximum Gasteiger partial charge on any atom is 0.407 e. The Kier molecular flexibility index (Phi) is 5.49. The Morgan fingerprint density at radius 2 is 2.07 bits per heavy atom. The molecule has 0 bridgehead atoms. The van der Waals surface area contributed by atoms with Gasteiger partial charge in [-0.15, -0.1) is 0 Å². The van der Waals surface area contributed by atoms with Gasteiger partial charge in [-0.1, -0.05) is 0 Å². The minimum atomic E-state index is -0.729. The lowest BCUT2D eigenvalue weighted by molar-refractivity contribution is 0.0479. The standard InChI is InChI=1S/C9H19NO4/c1-9(2,3)14-8(13)10-6-7(12)4-5-11/h7,11-12H,4-6H2,1-3H3,(H,10,13)/t7-/m0/s1. The van der Waals surface area contributed by atoms with Gasteiger partial charge in [0.05, 0.1) is 6.10 Å². The van der Waals surface area contributed by atoms with Crippen LogP contribution in [0.3, 0.4) is 0 Å². The fourth-order valence-corrected chi connectivity index (χ4v) is 0.766. The summed E-state index contributed by atoms with van der Waals surface area (Å²) < 4.78 is 4.94. The zero-order chi connectivity index (χ0) is 11.2. The van der Waals surface area contributed by atoms with Crippen molar-refractivity contribution in [2.24, 2.45) is 0 Å². The predicted octanol–water partition coefficient (Wildman–Crippen LogP) is 0.254. The lowest BCUT2D eigenvalue weighted by Crippen LogP contribution is -2.37. The fraction of sp³-hybridized carbons (Fsp3) is 0.889. The highest BCUT2D eigenvalue weighted by Gasteiger charge is 2.16. The topological polar surface area (TPSA) is 78.8 Å². The van der Waals surface area contributed by atoms with Crippen molar-refractivity contribution in [1.29, 1.82) is 0 Å². The van der Waals surface area contributed by atoms with E-state index in [2.05, 4.69) is 5.32 Å². The third-order valence-corrected chi connectivity index (χ3v) is 1.34. The molecule has 0 spiro atoms. The van der Waals surface area contributed by atoms with Crippen LogP contribution in [0.5, 0.6) is 0 Å². The van der Waals surface area contributed by atoms with Crippen LogP contribution in [0.4, 0.5) is 4.79 Å². The monoisotopic (exact) mass is 205 g/mol. The van der Waals surface area contributed by atoms with E-state index in [4.69, 9.17) is 14.9 Å². The molecule has 1 amide bonds. The lowest BCUT2D eigenvalue weighted by atomic mass is 10.2. The Morgan fingerprint density at radius 3 is 2.50 bits per heavy atom. The molecule has 5 heteroatoms. The highest BCUT2D eigenvalue weighted by atomic mass is 16.6. The number of amides is 1. The van der Waals surface area contributed by atoms with E-state index in [1.807, 2.05) is 0 Å². The molecule has 0 aromatic rings. The molecule has 5 nitrogen and oxygen atoms in total. The molecule has 0 aromatic carbocycles. The van der Waals surface area contributed by atoms with Gasteiger partial charge in [0, 0.05) is 13.2 Å². The fourth-order valence-electron chi connectivity index (χ4n) is 0.766. The van der Waals surface area contributed by atoms with Gasteiger partial charge in [-0.2, -0.15) is 0 Å². The Balaban J connectivity index is 3.64. The van der Waals surface area contributed by atoms with Gasteiger partial charge in [-0.05, 0) is 27.2 Å². The summed E-state index contributed by atoms with van der Waals surface area (Å²) in [6.07, 6.45) is -1.04. The molecule has 3 N–H and O–H groups in total. The highest BCUT2D eigenvalue weighted by Crippen LogP contribution is 2.06. The van der Waals surface area contributed by atoms with Crippen LogP contribution in [0.1, 0.15) is 27.2 Å². The summed E-state index contributed by atoms with van der Waals surface area (Å²) in [4.78, 5) is 11.1. The van der Waals surface area contributed by atoms with Crippen LogP contribution in [-0.4, -0.2) is 41.2 Å². The average Bonchev–Trinajstić information content (AvgIpc) is 1.98. The molecule has 0 fully saturated rings. The number of alkyl carbamates (subject to hydrolysis) is 1. The smallest absolute Gasteiger partial charge is 0.407 e. The van der Waals surface area contributed by atoms with Crippen LogP contribution < -0.4 is 5.32 Å². The number of carbonyl (C=O) groups excluding carboxylic acids is 1. The Hall–Kier alpha value is -0.810. The van der Waals surface area contributed by atoms with E-state index in [9.17, 15) is 4.79 Å². The van der Waals surface area contributed by atoms with Crippen molar-refractivity contribution in [3.05, 3.63) is 0 Å². The highest BCUT2D eigenvalue weighted by molar-refractivity contribution is 5.67. The molecule has 0 rings (SSSR count). The molecule has 0 aromatic heterocycles. The number of hydrogen-bond donors (Lipinski definition) is 3. The minimum absolute atomic E-state index is 0.0927. The summed E-state index contributed by atoms with van der Waals surface area (Å²) in [7, 11) is 0. The molecule has 0 unspecified atom stereocenters. The normalized spacial score (nSPS) is 13.5. The largest absolute Gasteiger partial charge is 0.444 e. The summed E-state index contributed by atoms with van der Waals surface area (Å²) >= 11 is 0. The van der Waals surface area contributed by atoms with Crippen molar-refractivity contribution in [3.8, 4) is 0 Å². The Labute approximate surface area is 84.1 Å². The van der Waals surface area contributed by atoms with Gasteiger partial charge in [0.25, 0.3) is 0 Å². The number of carbonyl (C=O) groups is 1. The number of aliphatic hydroxyl groups is 2. The SMILES string of the molecule is CC(C)(C)OC(=O)NC[C@@H](O)CCO. The van der Waals surface area contributed by atoms with Gasteiger partial charge < -0.3 is 20.3 Å². The van der Waals surface area contributed by atoms with Crippen molar-refractivity contribution in [2.75, 3.05) is 13.2 Å². The van der Waals surface area contributed by atoms with Gasteiger partial charge in [0.1, 0.15) is 5.60 Å². The maximum atomic E-state index is 11.1. The van der Waals surface area contributed by atoms with Gasteiger partial charge in [0.2, 0.25) is 0 Å². The lowest BCUT2D eigenvalue weighted by Gasteiger charge is -2.20. The van der Waals surface area contributed by atoms with Crippen molar-refractivity contribution in [1.82, 2.24) is 5.32 Å². The van der Waals surface area contributed by atoms with Crippen molar-refractivity contribution in [3.63, 3.8) is 0 Å². The molecule has 0 saturated heterocycles. The molecule has 0 aliphatic rings. The average molecular weight is 205 g/mol. The van der Waals surface area contributed by atoms with Crippen molar-refractivity contribution < 1.29 is 19.7 Å². The first-order valence-electron chi connectivity index (χ1n) is 4.61. The molecule has 84 valence electrons. The summed E-state index contributed by atoms with van der Waals surface area (Å²) in [5, 5.41) is 20.1. The number of rotatable bonds is 4. The number of nitrogens with one attached hydrogen (secondary N) is 1. The van der Waals surface area contributed by atoms with Crippen LogP contribution in [0, 0.1) is 0 Å². The molecule has 0 radical (unpaired) electrons. The molecule has 0 saturated carbocycles. The van der Waals surface area contributed by atoms with Crippen LogP contribution in [0.2, 0.25) is 0 Å². The van der Waals surface area contributed by atoms with Crippen LogP contribution in [0.15, 0.2) is 0 Å². The zero-order valence-electron chi connectivity index (χ0n) is 8.91. The molecular weight excluding hydrogens is 186 g/mol. The molecule has 1 atom stereocenters. The van der Waals surface area contributed by atoms with E-state index in [1.165, 1.54) is 0 Å². The maximum absolute atomic E-state index is 11.1. The summed E-state index contributed by atoms with van der Waals surface area (Å²) in [6, 6.07) is 0. The first kappa shape index (κ1) is 13.2. The summed E-state index contributed by atoms with van der Waals surface area (Å²) in [5.41, 5.74) is -0.536. The molecule has 0 aliphatic heterocycles. The third-order valence-electron chi connectivity index (χ3n) is 1.34. The van der Waals surface area contributed by atoms with Gasteiger partial charge in [0.15, 0.2) is 0 Å². The molecular formula is C9H19NO4. The van der Waals surface area contributed by atoms with E-state index in [1.54, 1.807) is 20.8 Å². The molecule has 0 aliphatic carbocycles. The second-order valence-corrected chi connectivity index (χ2v) is 4.05. The minimum Gasteiger partial charge on any atom is -0.444 e. The third kappa shape index (κ3) is 7.82. The van der Waals surface area contributed by atoms with Gasteiger partial charge >= 0.3 is 6.09 Å². The van der Waals surface area contributed by atoms with Gasteiger partial charge in [-0.25, -0.2) is 4.79 Å². The van der Waals surface area contributed by atoms with Gasteiger partial charge in [-0.3, -0.25) is 0 Å². The number of hydrogen-bond acceptors (Lipinski definition) is 4. The van der Waals surface area contributed by atoms with Crippen LogP contribution >= 0.6 is 0 Å². The molecule has 14 heavy (non-hydrogen) atoms. The summed E-state index contributed by atoms with van der Waals surface area (Å²) in [5.74, 6) is 0. The quantitative estimate of drug-likeness (QED) is 0.615. The summed E-state index contributed by atoms with van der Waals surface area (Å²) in [6.45, 7) is 5.27. The van der Waals surface area contributed by atoms with Crippen molar-refractivity contribution >= 4 is 6.09 Å². The molecule has 0 heterocycles. The number of ether oxygens (including phenoxy) is 1. The van der Waals surface area contributed by atoms with Crippen LogP contribution in [0.25, 0.3) is 0 Å². The van der Waals surface area contributed by atoms with Crippen LogP contribution in [-0.2, 0) is 4.74 Å². The first-order chi connectivity index (χ1) is 6.35. The second-order valence-electron chi connectivity index (χ2n) is 4.05. The Morgan fingerprint density at radius 1 is 1.50 bits per heavy atom. The van der Waals surface area contributed by atoms with E-state index in [-0.39, 0.29) is 19.6 Å².